The van der Waals surface area contributed by atoms with E-state index in [4.69, 9.17) is 4.98 Å². The SMILES string of the molecule is Cc1ccc(S(=O)(=O)N2CCN(C(=O)C3CC=CCC3c3nc4ccccc4s3)CC2)c(C)c1. The monoisotopic (exact) mass is 495 g/mol. The van der Waals surface area contributed by atoms with Gasteiger partial charge in [-0.15, -0.1) is 11.3 Å². The Labute approximate surface area is 205 Å². The standard InChI is InChI=1S/C26H29N3O3S2/c1-18-11-12-24(19(2)17-18)34(31,32)29-15-13-28(14-16-29)26(30)21-8-4-3-7-20(21)25-27-22-9-5-6-10-23(22)33-25/h3-6,9-12,17,20-21H,7-8,13-16H2,1-2H3. The third kappa shape index (κ3) is 4.30. The van der Waals surface area contributed by atoms with Gasteiger partial charge in [-0.25, -0.2) is 13.4 Å². The van der Waals surface area contributed by atoms with Gasteiger partial charge in [-0.1, -0.05) is 42.0 Å². The van der Waals surface area contributed by atoms with Crippen molar-refractivity contribution < 1.29 is 13.2 Å². The summed E-state index contributed by atoms with van der Waals surface area (Å²) in [6.45, 7) is 5.24. The molecule has 1 aromatic heterocycles. The van der Waals surface area contributed by atoms with Crippen molar-refractivity contribution in [3.63, 3.8) is 0 Å². The summed E-state index contributed by atoms with van der Waals surface area (Å²) in [4.78, 5) is 20.6. The molecular formula is C26H29N3O3S2. The molecule has 5 rings (SSSR count). The van der Waals surface area contributed by atoms with Gasteiger partial charge < -0.3 is 4.90 Å². The number of hydrogen-bond donors (Lipinski definition) is 0. The zero-order valence-electron chi connectivity index (χ0n) is 19.5. The number of thiazole rings is 1. The van der Waals surface area contributed by atoms with Crippen molar-refractivity contribution in [2.24, 2.45) is 5.92 Å². The second-order valence-corrected chi connectivity index (χ2v) is 12.1. The number of nitrogens with zero attached hydrogens (tertiary/aromatic N) is 3. The van der Waals surface area contributed by atoms with E-state index in [0.717, 1.165) is 32.8 Å². The number of carbonyl (C=O) groups excluding carboxylic acids is 1. The number of amides is 1. The predicted octanol–water partition coefficient (Wildman–Crippen LogP) is 4.50. The smallest absolute Gasteiger partial charge is 0.243 e. The summed E-state index contributed by atoms with van der Waals surface area (Å²) >= 11 is 1.67. The number of para-hydroxylation sites is 1. The second-order valence-electron chi connectivity index (χ2n) is 9.17. The molecule has 0 N–H and O–H groups in total. The first-order valence-corrected chi connectivity index (χ1v) is 14.0. The fraction of sp³-hybridized carbons (Fsp3) is 0.385. The lowest BCUT2D eigenvalue weighted by Gasteiger charge is -2.37. The van der Waals surface area contributed by atoms with Crippen LogP contribution in [-0.2, 0) is 14.8 Å². The zero-order chi connectivity index (χ0) is 23.9. The molecular weight excluding hydrogens is 466 g/mol. The van der Waals surface area contributed by atoms with Crippen molar-refractivity contribution in [3.8, 4) is 0 Å². The summed E-state index contributed by atoms with van der Waals surface area (Å²) in [6, 6.07) is 13.5. The Bertz CT molecular complexity index is 1320. The minimum Gasteiger partial charge on any atom is -0.340 e. The van der Waals surface area contributed by atoms with E-state index in [9.17, 15) is 13.2 Å². The normalized spacial score (nSPS) is 21.8. The number of aromatic nitrogens is 1. The first-order chi connectivity index (χ1) is 16.3. The molecule has 3 aromatic rings. The summed E-state index contributed by atoms with van der Waals surface area (Å²) < 4.78 is 29.1. The maximum atomic E-state index is 13.6. The molecule has 2 aliphatic rings. The fourth-order valence-electron chi connectivity index (χ4n) is 5.02. The minimum absolute atomic E-state index is 0.0619. The van der Waals surface area contributed by atoms with Crippen LogP contribution in [0.1, 0.15) is 34.9 Å². The summed E-state index contributed by atoms with van der Waals surface area (Å²) in [6.07, 6.45) is 5.74. The number of benzene rings is 2. The topological polar surface area (TPSA) is 70.6 Å². The molecule has 2 atom stereocenters. The van der Waals surface area contributed by atoms with Crippen LogP contribution in [0.4, 0.5) is 0 Å². The molecule has 8 heteroatoms. The van der Waals surface area contributed by atoms with Gasteiger partial charge in [0.2, 0.25) is 15.9 Å². The minimum atomic E-state index is -3.58. The Balaban J connectivity index is 1.30. The number of aryl methyl sites for hydroxylation is 2. The van der Waals surface area contributed by atoms with E-state index < -0.39 is 10.0 Å². The van der Waals surface area contributed by atoms with Gasteiger partial charge in [0.15, 0.2) is 0 Å². The Morgan fingerprint density at radius 3 is 2.47 bits per heavy atom. The molecule has 2 heterocycles. The Hall–Kier alpha value is -2.55. The molecule has 0 radical (unpaired) electrons. The molecule has 0 saturated carbocycles. The van der Waals surface area contributed by atoms with Crippen molar-refractivity contribution in [2.45, 2.75) is 37.5 Å². The van der Waals surface area contributed by atoms with E-state index in [1.54, 1.807) is 17.4 Å². The number of sulfonamides is 1. The molecule has 34 heavy (non-hydrogen) atoms. The summed E-state index contributed by atoms with van der Waals surface area (Å²) in [7, 11) is -3.58. The number of fused-ring (bicyclic) bond motifs is 1. The van der Waals surface area contributed by atoms with Crippen LogP contribution in [0.25, 0.3) is 10.2 Å². The first-order valence-electron chi connectivity index (χ1n) is 11.7. The van der Waals surface area contributed by atoms with E-state index in [0.29, 0.717) is 37.5 Å². The van der Waals surface area contributed by atoms with Crippen LogP contribution in [0.3, 0.4) is 0 Å². The van der Waals surface area contributed by atoms with E-state index in [-0.39, 0.29) is 17.7 Å². The maximum Gasteiger partial charge on any atom is 0.243 e. The van der Waals surface area contributed by atoms with Gasteiger partial charge in [0.05, 0.1) is 26.0 Å². The highest BCUT2D eigenvalue weighted by Crippen LogP contribution is 2.39. The number of carbonyl (C=O) groups is 1. The van der Waals surface area contributed by atoms with E-state index in [2.05, 4.69) is 18.2 Å². The van der Waals surface area contributed by atoms with Crippen molar-refractivity contribution in [1.82, 2.24) is 14.2 Å². The molecule has 6 nitrogen and oxygen atoms in total. The summed E-state index contributed by atoms with van der Waals surface area (Å²) in [5.74, 6) is 0.0112. The second kappa shape index (κ2) is 9.24. The fourth-order valence-corrected chi connectivity index (χ4v) is 7.79. The Morgan fingerprint density at radius 2 is 1.74 bits per heavy atom. The van der Waals surface area contributed by atoms with E-state index in [1.807, 2.05) is 49.1 Å². The summed E-state index contributed by atoms with van der Waals surface area (Å²) in [5.41, 5.74) is 2.77. The zero-order valence-corrected chi connectivity index (χ0v) is 21.1. The van der Waals surface area contributed by atoms with Crippen molar-refractivity contribution >= 4 is 37.5 Å². The van der Waals surface area contributed by atoms with Gasteiger partial charge in [-0.3, -0.25) is 4.79 Å². The quantitative estimate of drug-likeness (QED) is 0.500. The predicted molar refractivity (Wildman–Crippen MR) is 135 cm³/mol. The lowest BCUT2D eigenvalue weighted by Crippen LogP contribution is -2.52. The van der Waals surface area contributed by atoms with Crippen LogP contribution in [0.2, 0.25) is 0 Å². The van der Waals surface area contributed by atoms with Crippen LogP contribution >= 0.6 is 11.3 Å². The van der Waals surface area contributed by atoms with Crippen LogP contribution in [0, 0.1) is 19.8 Å². The maximum absolute atomic E-state index is 13.6. The van der Waals surface area contributed by atoms with Gasteiger partial charge in [-0.05, 0) is 50.5 Å². The van der Waals surface area contributed by atoms with Gasteiger partial charge in [0.25, 0.3) is 0 Å². The van der Waals surface area contributed by atoms with Crippen LogP contribution < -0.4 is 0 Å². The van der Waals surface area contributed by atoms with Gasteiger partial charge >= 0.3 is 0 Å². The lowest BCUT2D eigenvalue weighted by molar-refractivity contribution is -0.137. The van der Waals surface area contributed by atoms with Gasteiger partial charge in [-0.2, -0.15) is 4.31 Å². The van der Waals surface area contributed by atoms with E-state index >= 15 is 0 Å². The third-order valence-electron chi connectivity index (χ3n) is 6.88. The van der Waals surface area contributed by atoms with Crippen molar-refractivity contribution in [1.29, 1.82) is 0 Å². The Kier molecular flexibility index (Phi) is 6.31. The molecule has 1 amide bonds. The molecule has 2 aromatic carbocycles. The highest BCUT2D eigenvalue weighted by atomic mass is 32.2. The van der Waals surface area contributed by atoms with E-state index in [1.165, 1.54) is 4.31 Å². The van der Waals surface area contributed by atoms with Crippen molar-refractivity contribution in [2.75, 3.05) is 26.2 Å². The molecule has 0 bridgehead atoms. The molecule has 1 saturated heterocycles. The van der Waals surface area contributed by atoms with Gasteiger partial charge in [0.1, 0.15) is 0 Å². The summed E-state index contributed by atoms with van der Waals surface area (Å²) in [5, 5.41) is 1.01. The average molecular weight is 496 g/mol. The van der Waals surface area contributed by atoms with Gasteiger partial charge in [0, 0.05) is 32.1 Å². The number of piperazine rings is 1. The van der Waals surface area contributed by atoms with Crippen LogP contribution in [-0.4, -0.2) is 54.7 Å². The Morgan fingerprint density at radius 1 is 1.00 bits per heavy atom. The third-order valence-corrected chi connectivity index (χ3v) is 10.1. The van der Waals surface area contributed by atoms with Crippen LogP contribution in [0.5, 0.6) is 0 Å². The molecule has 1 aliphatic carbocycles. The lowest BCUT2D eigenvalue weighted by atomic mass is 9.82. The number of allylic oxidation sites excluding steroid dienone is 2. The number of hydrogen-bond acceptors (Lipinski definition) is 5. The molecule has 178 valence electrons. The molecule has 0 spiro atoms. The van der Waals surface area contributed by atoms with Crippen LogP contribution in [0.15, 0.2) is 59.5 Å². The number of rotatable bonds is 4. The molecule has 2 unspecified atom stereocenters. The largest absolute Gasteiger partial charge is 0.340 e. The highest BCUT2D eigenvalue weighted by Gasteiger charge is 2.37. The molecule has 1 aliphatic heterocycles. The first kappa shape index (κ1) is 23.2. The average Bonchev–Trinajstić information content (AvgIpc) is 3.28. The highest BCUT2D eigenvalue weighted by molar-refractivity contribution is 7.89. The van der Waals surface area contributed by atoms with Crippen molar-refractivity contribution in [3.05, 3.63) is 70.8 Å². The molecule has 1 fully saturated rings.